The van der Waals surface area contributed by atoms with Gasteiger partial charge in [0, 0.05) is 25.1 Å². The third-order valence-corrected chi connectivity index (χ3v) is 7.15. The molecule has 0 amide bonds. The zero-order valence-electron chi connectivity index (χ0n) is 20.1. The van der Waals surface area contributed by atoms with E-state index in [1.165, 1.54) is 6.66 Å². The Morgan fingerprint density at radius 1 is 1.15 bits per heavy atom. The minimum absolute atomic E-state index is 0.0846. The first-order valence-electron chi connectivity index (χ1n) is 11.1. The molecule has 1 aromatic carbocycles. The molecule has 34 heavy (non-hydrogen) atoms. The number of rotatable bonds is 11. The minimum Gasteiger partial charge on any atom is -0.459 e. The summed E-state index contributed by atoms with van der Waals surface area (Å²) in [6, 6.07) is 7.11. The molecule has 0 bridgehead atoms. The molecule has 0 radical (unpaired) electrons. The number of aryl methyl sites for hydroxylation is 1. The monoisotopic (exact) mass is 504 g/mol. The van der Waals surface area contributed by atoms with Crippen LogP contribution >= 0.6 is 7.37 Å². The van der Waals surface area contributed by atoms with E-state index in [4.69, 9.17) is 13.8 Å². The average molecular weight is 504 g/mol. The number of alkyl halides is 3. The van der Waals surface area contributed by atoms with Crippen LogP contribution in [0.4, 0.5) is 13.2 Å². The lowest BCUT2D eigenvalue weighted by Crippen LogP contribution is -2.33. The lowest BCUT2D eigenvalue weighted by molar-refractivity contribution is -0.154. The molecule has 2 atom stereocenters. The van der Waals surface area contributed by atoms with Crippen LogP contribution in [0.25, 0.3) is 11.4 Å². The summed E-state index contributed by atoms with van der Waals surface area (Å²) in [6.45, 7) is 8.39. The van der Waals surface area contributed by atoms with Crippen LogP contribution in [0.15, 0.2) is 28.8 Å². The van der Waals surface area contributed by atoms with Gasteiger partial charge in [0.25, 0.3) is 0 Å². The van der Waals surface area contributed by atoms with Crippen molar-refractivity contribution in [1.29, 1.82) is 0 Å². The number of halogens is 3. The Morgan fingerprint density at radius 3 is 2.35 bits per heavy atom. The molecule has 0 saturated carbocycles. The molecule has 190 valence electrons. The first-order chi connectivity index (χ1) is 15.7. The number of nitrogens with zero attached hydrogens (tertiary/aromatic N) is 2. The van der Waals surface area contributed by atoms with E-state index in [-0.39, 0.29) is 31.2 Å². The Bertz CT molecular complexity index is 984. The summed E-state index contributed by atoms with van der Waals surface area (Å²) >= 11 is 0. The van der Waals surface area contributed by atoms with Gasteiger partial charge in [-0.2, -0.15) is 18.2 Å². The highest BCUT2D eigenvalue weighted by atomic mass is 31.2. The molecular weight excluding hydrogens is 472 g/mol. The van der Waals surface area contributed by atoms with Crippen molar-refractivity contribution in [1.82, 2.24) is 10.1 Å². The van der Waals surface area contributed by atoms with Crippen LogP contribution < -0.4 is 0 Å². The van der Waals surface area contributed by atoms with Crippen molar-refractivity contribution < 1.29 is 36.3 Å². The molecule has 11 heteroatoms. The van der Waals surface area contributed by atoms with E-state index in [2.05, 4.69) is 10.1 Å². The average Bonchev–Trinajstić information content (AvgIpc) is 3.16. The van der Waals surface area contributed by atoms with Crippen LogP contribution in [0, 0.1) is 0 Å². The lowest BCUT2D eigenvalue weighted by atomic mass is 10.0. The van der Waals surface area contributed by atoms with E-state index in [1.807, 2.05) is 0 Å². The van der Waals surface area contributed by atoms with Crippen LogP contribution in [0.3, 0.4) is 0 Å². The van der Waals surface area contributed by atoms with Gasteiger partial charge in [0.15, 0.2) is 0 Å². The maximum Gasteiger partial charge on any atom is 0.389 e. The minimum atomic E-state index is -4.13. The second kappa shape index (κ2) is 11.5. The Kier molecular flexibility index (Phi) is 9.48. The highest BCUT2D eigenvalue weighted by molar-refractivity contribution is 7.60. The molecule has 1 aromatic heterocycles. The summed E-state index contributed by atoms with van der Waals surface area (Å²) in [7, 11) is -3.38. The van der Waals surface area contributed by atoms with Crippen LogP contribution in [0.2, 0.25) is 0 Å². The van der Waals surface area contributed by atoms with Gasteiger partial charge in [-0.3, -0.25) is 9.36 Å². The van der Waals surface area contributed by atoms with Gasteiger partial charge in [-0.05, 0) is 52.5 Å². The van der Waals surface area contributed by atoms with Crippen molar-refractivity contribution in [2.45, 2.75) is 77.2 Å². The number of hydrogen-bond donors (Lipinski definition) is 0. The predicted octanol–water partition coefficient (Wildman–Crippen LogP) is 6.21. The fourth-order valence-corrected chi connectivity index (χ4v) is 4.87. The first kappa shape index (κ1) is 28.1. The SMILES string of the molecule is CCOP(C)(=O)C(Cc1nc(-c2ccc(CCCCC(F)(F)F)cc2)no1)C(=O)OC(C)(C)C. The van der Waals surface area contributed by atoms with Gasteiger partial charge in [-0.1, -0.05) is 29.4 Å². The molecule has 2 aromatic rings. The van der Waals surface area contributed by atoms with Gasteiger partial charge in [0.1, 0.15) is 11.3 Å². The van der Waals surface area contributed by atoms with Crippen LogP contribution in [-0.2, 0) is 31.5 Å². The maximum absolute atomic E-state index is 13.0. The van der Waals surface area contributed by atoms with Crippen molar-refractivity contribution in [2.75, 3.05) is 13.3 Å². The quantitative estimate of drug-likeness (QED) is 0.204. The Balaban J connectivity index is 2.08. The fraction of sp³-hybridized carbons (Fsp3) is 0.609. The van der Waals surface area contributed by atoms with Gasteiger partial charge < -0.3 is 13.8 Å². The smallest absolute Gasteiger partial charge is 0.389 e. The van der Waals surface area contributed by atoms with E-state index in [1.54, 1.807) is 52.0 Å². The molecule has 0 saturated heterocycles. The topological polar surface area (TPSA) is 91.5 Å². The van der Waals surface area contributed by atoms with Crippen LogP contribution in [0.5, 0.6) is 0 Å². The van der Waals surface area contributed by atoms with Crippen molar-refractivity contribution in [3.63, 3.8) is 0 Å². The molecule has 2 unspecified atom stereocenters. The third kappa shape index (κ3) is 9.22. The van der Waals surface area contributed by atoms with Crippen molar-refractivity contribution >= 4 is 13.3 Å². The summed E-state index contributed by atoms with van der Waals surface area (Å²) in [4.78, 5) is 17.1. The van der Waals surface area contributed by atoms with E-state index < -0.39 is 37.2 Å². The summed E-state index contributed by atoms with van der Waals surface area (Å²) in [5.41, 5.74) is -0.314. The van der Waals surface area contributed by atoms with E-state index in [0.29, 0.717) is 18.4 Å². The van der Waals surface area contributed by atoms with E-state index in [0.717, 1.165) is 5.56 Å². The maximum atomic E-state index is 13.0. The van der Waals surface area contributed by atoms with Crippen molar-refractivity contribution in [2.24, 2.45) is 0 Å². The van der Waals surface area contributed by atoms with Crippen LogP contribution in [-0.4, -0.2) is 46.8 Å². The van der Waals surface area contributed by atoms with Crippen LogP contribution in [0.1, 0.15) is 58.4 Å². The number of esters is 1. The second-order valence-electron chi connectivity index (χ2n) is 9.11. The van der Waals surface area contributed by atoms with Gasteiger partial charge in [0.05, 0.1) is 6.61 Å². The molecule has 0 fully saturated rings. The highest BCUT2D eigenvalue weighted by Crippen LogP contribution is 2.50. The standard InChI is InChI=1S/C23H32F3N2O5P/c1-6-31-34(5,30)18(21(29)32-22(2,3)4)15-19-27-20(28-33-19)17-12-10-16(11-13-17)9-7-8-14-23(24,25)26/h10-13,18H,6-9,14-15H2,1-5H3. The van der Waals surface area contributed by atoms with Gasteiger partial charge in [0.2, 0.25) is 19.1 Å². The van der Waals surface area contributed by atoms with Crippen molar-refractivity contribution in [3.8, 4) is 11.4 Å². The highest BCUT2D eigenvalue weighted by Gasteiger charge is 2.40. The summed E-state index contributed by atoms with van der Waals surface area (Å²) in [5.74, 6) is -0.269. The Hall–Kier alpha value is -2.19. The summed E-state index contributed by atoms with van der Waals surface area (Å²) in [5, 5.41) is 3.94. The predicted molar refractivity (Wildman–Crippen MR) is 122 cm³/mol. The van der Waals surface area contributed by atoms with Crippen molar-refractivity contribution in [3.05, 3.63) is 35.7 Å². The molecule has 0 spiro atoms. The van der Waals surface area contributed by atoms with E-state index >= 15 is 0 Å². The first-order valence-corrected chi connectivity index (χ1v) is 13.3. The number of aromatic nitrogens is 2. The fourth-order valence-electron chi connectivity index (χ4n) is 3.25. The molecular formula is C23H32F3N2O5P. The number of unbranched alkanes of at least 4 members (excludes halogenated alkanes) is 1. The number of carbonyl (C=O) groups is 1. The number of hydrogen-bond acceptors (Lipinski definition) is 7. The molecule has 2 rings (SSSR count). The molecule has 1 heterocycles. The Morgan fingerprint density at radius 2 is 1.79 bits per heavy atom. The molecule has 0 aliphatic heterocycles. The molecule has 0 N–H and O–H groups in total. The van der Waals surface area contributed by atoms with Gasteiger partial charge in [-0.15, -0.1) is 0 Å². The lowest BCUT2D eigenvalue weighted by Gasteiger charge is -2.26. The zero-order valence-corrected chi connectivity index (χ0v) is 21.0. The number of ether oxygens (including phenoxy) is 1. The third-order valence-electron chi connectivity index (χ3n) is 4.85. The largest absolute Gasteiger partial charge is 0.459 e. The molecule has 0 aliphatic carbocycles. The summed E-state index contributed by atoms with van der Waals surface area (Å²) < 4.78 is 65.9. The summed E-state index contributed by atoms with van der Waals surface area (Å²) in [6.07, 6.45) is -3.96. The zero-order chi connectivity index (χ0) is 25.6. The van der Waals surface area contributed by atoms with Gasteiger partial charge >= 0.3 is 12.1 Å². The Labute approximate surface area is 197 Å². The van der Waals surface area contributed by atoms with E-state index in [9.17, 15) is 22.5 Å². The number of carbonyl (C=O) groups excluding carboxylic acids is 1. The molecule has 0 aliphatic rings. The second-order valence-corrected chi connectivity index (χ2v) is 11.8. The number of benzene rings is 1. The normalized spacial score (nSPS) is 15.1. The van der Waals surface area contributed by atoms with Gasteiger partial charge in [-0.25, -0.2) is 0 Å². The molecule has 7 nitrogen and oxygen atoms in total.